The maximum Gasteiger partial charge on any atom is 0.277 e. The fourth-order valence-electron chi connectivity index (χ4n) is 2.25. The first-order chi connectivity index (χ1) is 13.4. The highest BCUT2D eigenvalue weighted by molar-refractivity contribution is 7.99. The Morgan fingerprint density at radius 1 is 1.11 bits per heavy atom. The van der Waals surface area contributed by atoms with E-state index in [1.807, 2.05) is 32.0 Å². The molecule has 2 aromatic carbocycles. The minimum atomic E-state index is -0.241. The van der Waals surface area contributed by atoms with Crippen molar-refractivity contribution in [2.75, 3.05) is 11.1 Å². The number of thioether (sulfide) groups is 1. The van der Waals surface area contributed by atoms with Gasteiger partial charge in [0.15, 0.2) is 6.61 Å². The number of carbonyl (C=O) groups excluding carboxylic acids is 1. The topological polar surface area (TPSA) is 77.2 Å². The van der Waals surface area contributed by atoms with Crippen LogP contribution in [-0.2, 0) is 11.4 Å². The van der Waals surface area contributed by atoms with Gasteiger partial charge in [0.2, 0.25) is 5.91 Å². The van der Waals surface area contributed by atoms with Gasteiger partial charge < -0.3 is 14.5 Å². The van der Waals surface area contributed by atoms with E-state index in [1.54, 1.807) is 18.2 Å². The number of amides is 1. The molecule has 0 saturated heterocycles. The van der Waals surface area contributed by atoms with Crippen molar-refractivity contribution in [3.05, 3.63) is 63.5 Å². The minimum Gasteiger partial charge on any atom is -0.484 e. The summed E-state index contributed by atoms with van der Waals surface area (Å²) in [6, 6.07) is 10.7. The second-order valence-corrected chi connectivity index (χ2v) is 7.79. The van der Waals surface area contributed by atoms with Crippen LogP contribution in [0.15, 0.2) is 46.0 Å². The molecule has 0 radical (unpaired) electrons. The summed E-state index contributed by atoms with van der Waals surface area (Å²) in [5.41, 5.74) is 2.87. The number of aromatic nitrogens is 2. The van der Waals surface area contributed by atoms with Crippen LogP contribution in [-0.4, -0.2) is 21.9 Å². The van der Waals surface area contributed by atoms with Crippen molar-refractivity contribution in [1.82, 2.24) is 10.2 Å². The van der Waals surface area contributed by atoms with Gasteiger partial charge in [-0.2, -0.15) is 0 Å². The summed E-state index contributed by atoms with van der Waals surface area (Å²) in [5, 5.41) is 11.7. The monoisotopic (exact) mass is 437 g/mol. The van der Waals surface area contributed by atoms with Crippen molar-refractivity contribution in [3.8, 4) is 5.75 Å². The third kappa shape index (κ3) is 5.89. The van der Waals surface area contributed by atoms with Crippen LogP contribution in [0.25, 0.3) is 0 Å². The van der Waals surface area contributed by atoms with E-state index in [-0.39, 0.29) is 23.5 Å². The molecular formula is C19H17Cl2N3O3S. The van der Waals surface area contributed by atoms with E-state index in [4.69, 9.17) is 32.4 Å². The van der Waals surface area contributed by atoms with Crippen molar-refractivity contribution < 1.29 is 13.9 Å². The molecule has 1 amide bonds. The first kappa shape index (κ1) is 20.5. The number of nitrogens with one attached hydrogen (secondary N) is 1. The molecule has 146 valence electrons. The summed E-state index contributed by atoms with van der Waals surface area (Å²) in [6.45, 7) is 4.22. The molecule has 9 heteroatoms. The van der Waals surface area contributed by atoms with Gasteiger partial charge in [0.25, 0.3) is 11.1 Å². The lowest BCUT2D eigenvalue weighted by Gasteiger charge is -2.06. The summed E-state index contributed by atoms with van der Waals surface area (Å²) in [5.74, 6) is 0.927. The van der Waals surface area contributed by atoms with Crippen LogP contribution in [0.3, 0.4) is 0 Å². The SMILES string of the molecule is Cc1ccc(OCc2nnc(SCC(=O)Nc3cc(Cl)cc(Cl)c3)o2)cc1C. The number of carbonyl (C=O) groups is 1. The van der Waals surface area contributed by atoms with Crippen LogP contribution in [0, 0.1) is 13.8 Å². The van der Waals surface area contributed by atoms with Gasteiger partial charge in [0.1, 0.15) is 5.75 Å². The molecule has 0 aliphatic rings. The molecule has 0 aliphatic carbocycles. The Morgan fingerprint density at radius 3 is 2.57 bits per heavy atom. The average molecular weight is 438 g/mol. The first-order valence-electron chi connectivity index (χ1n) is 8.30. The highest BCUT2D eigenvalue weighted by Gasteiger charge is 2.11. The van der Waals surface area contributed by atoms with E-state index in [0.717, 1.165) is 23.1 Å². The predicted molar refractivity (Wildman–Crippen MR) is 110 cm³/mol. The van der Waals surface area contributed by atoms with Gasteiger partial charge in [-0.15, -0.1) is 10.2 Å². The zero-order valence-corrected chi connectivity index (χ0v) is 17.5. The van der Waals surface area contributed by atoms with Crippen molar-refractivity contribution in [1.29, 1.82) is 0 Å². The van der Waals surface area contributed by atoms with E-state index in [9.17, 15) is 4.79 Å². The Labute approximate surface area is 176 Å². The molecule has 0 unspecified atom stereocenters. The van der Waals surface area contributed by atoms with Gasteiger partial charge in [0, 0.05) is 15.7 Å². The third-order valence-corrected chi connectivity index (χ3v) is 5.02. The molecule has 3 aromatic rings. The standard InChI is InChI=1S/C19H17Cl2N3O3S/c1-11-3-4-16(5-12(11)2)26-9-18-23-24-19(27-18)28-10-17(25)22-15-7-13(20)6-14(21)8-15/h3-8H,9-10H2,1-2H3,(H,22,25). The molecule has 0 spiro atoms. The molecule has 0 fully saturated rings. The lowest BCUT2D eigenvalue weighted by Crippen LogP contribution is -2.13. The van der Waals surface area contributed by atoms with Gasteiger partial charge in [0.05, 0.1) is 5.75 Å². The van der Waals surface area contributed by atoms with Crippen molar-refractivity contribution in [2.45, 2.75) is 25.7 Å². The van der Waals surface area contributed by atoms with Gasteiger partial charge in [-0.05, 0) is 55.3 Å². The van der Waals surface area contributed by atoms with Gasteiger partial charge in [-0.1, -0.05) is 41.0 Å². The maximum absolute atomic E-state index is 12.1. The van der Waals surface area contributed by atoms with Crippen LogP contribution in [0.5, 0.6) is 5.75 Å². The van der Waals surface area contributed by atoms with Crippen LogP contribution < -0.4 is 10.1 Å². The highest BCUT2D eigenvalue weighted by Crippen LogP contribution is 2.23. The van der Waals surface area contributed by atoms with E-state index in [2.05, 4.69) is 15.5 Å². The highest BCUT2D eigenvalue weighted by atomic mass is 35.5. The Kier molecular flexibility index (Phi) is 6.83. The van der Waals surface area contributed by atoms with E-state index >= 15 is 0 Å². The van der Waals surface area contributed by atoms with Gasteiger partial charge in [-0.3, -0.25) is 4.79 Å². The molecule has 6 nitrogen and oxygen atoms in total. The summed E-state index contributed by atoms with van der Waals surface area (Å²) in [6.07, 6.45) is 0. The molecule has 0 atom stereocenters. The normalized spacial score (nSPS) is 10.7. The number of benzene rings is 2. The van der Waals surface area contributed by atoms with Crippen LogP contribution in [0.1, 0.15) is 17.0 Å². The van der Waals surface area contributed by atoms with Crippen LogP contribution in [0.4, 0.5) is 5.69 Å². The molecule has 3 rings (SSSR count). The van der Waals surface area contributed by atoms with Crippen LogP contribution in [0.2, 0.25) is 10.0 Å². The van der Waals surface area contributed by atoms with Gasteiger partial charge >= 0.3 is 0 Å². The molecule has 1 N–H and O–H groups in total. The van der Waals surface area contributed by atoms with E-state index in [0.29, 0.717) is 21.6 Å². The number of aryl methyl sites for hydroxylation is 2. The summed E-state index contributed by atoms with van der Waals surface area (Å²) in [7, 11) is 0. The number of hydrogen-bond acceptors (Lipinski definition) is 6. The zero-order chi connectivity index (χ0) is 20.1. The fraction of sp³-hybridized carbons (Fsp3) is 0.211. The fourth-order valence-corrected chi connectivity index (χ4v) is 3.36. The van der Waals surface area contributed by atoms with E-state index in [1.165, 1.54) is 5.56 Å². The Balaban J connectivity index is 1.48. The molecule has 0 bridgehead atoms. The Bertz CT molecular complexity index is 974. The molecule has 1 heterocycles. The Hall–Kier alpha value is -2.22. The quantitative estimate of drug-likeness (QED) is 0.505. The number of ether oxygens (including phenoxy) is 1. The average Bonchev–Trinajstić information content (AvgIpc) is 3.08. The number of hydrogen-bond donors (Lipinski definition) is 1. The number of anilines is 1. The lowest BCUT2D eigenvalue weighted by atomic mass is 10.1. The second-order valence-electron chi connectivity index (χ2n) is 5.99. The molecule has 0 saturated carbocycles. The summed E-state index contributed by atoms with van der Waals surface area (Å²) in [4.78, 5) is 12.1. The van der Waals surface area contributed by atoms with Crippen molar-refractivity contribution >= 4 is 46.6 Å². The summed E-state index contributed by atoms with van der Waals surface area (Å²) >= 11 is 13.0. The smallest absolute Gasteiger partial charge is 0.277 e. The molecular weight excluding hydrogens is 421 g/mol. The van der Waals surface area contributed by atoms with Gasteiger partial charge in [-0.25, -0.2) is 0 Å². The third-order valence-electron chi connectivity index (χ3n) is 3.76. The van der Waals surface area contributed by atoms with E-state index < -0.39 is 0 Å². The summed E-state index contributed by atoms with van der Waals surface area (Å²) < 4.78 is 11.2. The van der Waals surface area contributed by atoms with Crippen molar-refractivity contribution in [2.24, 2.45) is 0 Å². The first-order valence-corrected chi connectivity index (χ1v) is 10.0. The predicted octanol–water partition coefficient (Wildman–Crippen LogP) is 5.30. The number of rotatable bonds is 7. The number of halogens is 2. The van der Waals surface area contributed by atoms with Crippen molar-refractivity contribution in [3.63, 3.8) is 0 Å². The lowest BCUT2D eigenvalue weighted by molar-refractivity contribution is -0.113. The molecule has 0 aliphatic heterocycles. The Morgan fingerprint density at radius 2 is 1.86 bits per heavy atom. The number of nitrogens with zero attached hydrogens (tertiary/aromatic N) is 2. The second kappa shape index (κ2) is 9.32. The molecule has 1 aromatic heterocycles. The maximum atomic E-state index is 12.1. The van der Waals surface area contributed by atoms with Crippen LogP contribution >= 0.6 is 35.0 Å². The molecule has 28 heavy (non-hydrogen) atoms. The minimum absolute atomic E-state index is 0.101. The largest absolute Gasteiger partial charge is 0.484 e. The zero-order valence-electron chi connectivity index (χ0n) is 15.2.